The van der Waals surface area contributed by atoms with Gasteiger partial charge in [-0.25, -0.2) is 0 Å². The summed E-state index contributed by atoms with van der Waals surface area (Å²) in [5, 5.41) is 10.9. The quantitative estimate of drug-likeness (QED) is 0.785. The Balaban J connectivity index is 0.00000324. The minimum Gasteiger partial charge on any atom is -0.385 e. The highest BCUT2D eigenvalue weighted by Crippen LogP contribution is 2.33. The van der Waals surface area contributed by atoms with Gasteiger partial charge in [0.05, 0.1) is 5.60 Å². The molecule has 0 fully saturated rings. The molecule has 0 saturated carbocycles. The van der Waals surface area contributed by atoms with Gasteiger partial charge < -0.3 is 5.11 Å². The second-order valence-electron chi connectivity index (χ2n) is 6.14. The molecule has 110 valence electrons. The highest BCUT2D eigenvalue weighted by molar-refractivity contribution is 8.93. The molecule has 0 aliphatic heterocycles. The van der Waals surface area contributed by atoms with Crippen LogP contribution >= 0.6 is 17.0 Å². The summed E-state index contributed by atoms with van der Waals surface area (Å²) in [4.78, 5) is 4.14. The van der Waals surface area contributed by atoms with Gasteiger partial charge in [-0.2, -0.15) is 0 Å². The number of hydrogen-bond donors (Lipinski definition) is 1. The van der Waals surface area contributed by atoms with Crippen LogP contribution in [-0.4, -0.2) is 10.1 Å². The van der Waals surface area contributed by atoms with Gasteiger partial charge in [-0.05, 0) is 43.6 Å². The monoisotopic (exact) mass is 329 g/mol. The molecule has 0 amide bonds. The van der Waals surface area contributed by atoms with Gasteiger partial charge in [-0.15, -0.1) is 17.0 Å². The van der Waals surface area contributed by atoms with Gasteiger partial charge in [0.15, 0.2) is 0 Å². The van der Waals surface area contributed by atoms with Crippen LogP contribution in [0.4, 0.5) is 0 Å². The van der Waals surface area contributed by atoms with Crippen LogP contribution in [0.1, 0.15) is 58.9 Å². The number of aliphatic hydroxyl groups is 1. The smallest absolute Gasteiger partial charge is 0.0911 e. The summed E-state index contributed by atoms with van der Waals surface area (Å²) in [5.41, 5.74) is 0.259. The highest BCUT2D eigenvalue weighted by Gasteiger charge is 2.29. The van der Waals surface area contributed by atoms with Crippen molar-refractivity contribution >= 4 is 17.0 Å². The third-order valence-corrected chi connectivity index (χ3v) is 3.47. The lowest BCUT2D eigenvalue weighted by molar-refractivity contribution is 0.00813. The number of halogens is 1. The van der Waals surface area contributed by atoms with Crippen molar-refractivity contribution in [2.24, 2.45) is 11.8 Å². The van der Waals surface area contributed by atoms with Crippen molar-refractivity contribution in [1.29, 1.82) is 0 Å². The van der Waals surface area contributed by atoms with Gasteiger partial charge in [-0.3, -0.25) is 4.98 Å². The third kappa shape index (κ3) is 6.53. The van der Waals surface area contributed by atoms with Crippen molar-refractivity contribution in [3.63, 3.8) is 0 Å². The van der Waals surface area contributed by atoms with E-state index in [4.69, 9.17) is 0 Å². The van der Waals surface area contributed by atoms with Crippen molar-refractivity contribution in [2.75, 3.05) is 0 Å². The van der Waals surface area contributed by atoms with Crippen LogP contribution in [0.15, 0.2) is 24.5 Å². The normalized spacial score (nSPS) is 11.7. The summed E-state index contributed by atoms with van der Waals surface area (Å²) in [6.45, 7) is 8.80. The Morgan fingerprint density at radius 1 is 1.11 bits per heavy atom. The van der Waals surface area contributed by atoms with Crippen LogP contribution in [0.3, 0.4) is 0 Å². The first-order valence-electron chi connectivity index (χ1n) is 7.07. The average molecular weight is 330 g/mol. The first-order chi connectivity index (χ1) is 8.44. The van der Waals surface area contributed by atoms with E-state index in [1.165, 1.54) is 0 Å². The van der Waals surface area contributed by atoms with Crippen LogP contribution < -0.4 is 0 Å². The lowest BCUT2D eigenvalue weighted by Crippen LogP contribution is -2.27. The summed E-state index contributed by atoms with van der Waals surface area (Å²) in [5.74, 6) is 1.24. The molecule has 3 heteroatoms. The fourth-order valence-electron chi connectivity index (χ4n) is 2.11. The van der Waals surface area contributed by atoms with E-state index in [1.807, 2.05) is 12.1 Å². The Kier molecular flexibility index (Phi) is 8.51. The zero-order valence-electron chi connectivity index (χ0n) is 12.6. The highest BCUT2D eigenvalue weighted by atomic mass is 79.9. The number of rotatable bonds is 7. The van der Waals surface area contributed by atoms with E-state index in [2.05, 4.69) is 32.7 Å². The molecule has 19 heavy (non-hydrogen) atoms. The van der Waals surface area contributed by atoms with E-state index in [0.717, 1.165) is 31.2 Å². The first kappa shape index (κ1) is 18.6. The van der Waals surface area contributed by atoms with Gasteiger partial charge in [0, 0.05) is 18.0 Å². The third-order valence-electron chi connectivity index (χ3n) is 3.47. The first-order valence-corrected chi connectivity index (χ1v) is 7.07. The van der Waals surface area contributed by atoms with Gasteiger partial charge in [0.25, 0.3) is 0 Å². The minimum atomic E-state index is -0.706. The molecule has 0 unspecified atom stereocenters. The zero-order chi connectivity index (χ0) is 13.6. The Hall–Kier alpha value is -0.410. The summed E-state index contributed by atoms with van der Waals surface area (Å²) in [6, 6.07) is 3.90. The largest absolute Gasteiger partial charge is 0.385 e. The molecule has 0 bridgehead atoms. The Bertz CT molecular complexity index is 326. The number of aromatic nitrogens is 1. The second kappa shape index (κ2) is 8.70. The minimum absolute atomic E-state index is 0. The lowest BCUT2D eigenvalue weighted by atomic mass is 9.82. The predicted octanol–water partition coefficient (Wildman–Crippen LogP) is 4.72. The molecule has 0 aliphatic carbocycles. The zero-order valence-corrected chi connectivity index (χ0v) is 14.3. The van der Waals surface area contributed by atoms with Crippen LogP contribution in [0.25, 0.3) is 0 Å². The van der Waals surface area contributed by atoms with Crippen LogP contribution in [0, 0.1) is 11.8 Å². The molecule has 0 spiro atoms. The SMILES string of the molecule is Br.CC(C)CCC(O)(CCC(C)C)c1cccnc1. The topological polar surface area (TPSA) is 33.1 Å². The van der Waals surface area contributed by atoms with Crippen molar-refractivity contribution in [3.8, 4) is 0 Å². The molecule has 1 aromatic heterocycles. The second-order valence-corrected chi connectivity index (χ2v) is 6.14. The molecule has 1 aromatic rings. The van der Waals surface area contributed by atoms with E-state index in [0.29, 0.717) is 11.8 Å². The van der Waals surface area contributed by atoms with Crippen molar-refractivity contribution in [1.82, 2.24) is 4.98 Å². The molecule has 0 aromatic carbocycles. The van der Waals surface area contributed by atoms with Crippen molar-refractivity contribution in [3.05, 3.63) is 30.1 Å². The predicted molar refractivity (Wildman–Crippen MR) is 86.6 cm³/mol. The summed E-state index contributed by atoms with van der Waals surface area (Å²) in [6.07, 6.45) is 7.30. The molecule has 0 saturated heterocycles. The fourth-order valence-corrected chi connectivity index (χ4v) is 2.11. The molecule has 1 rings (SSSR count). The van der Waals surface area contributed by atoms with Crippen molar-refractivity contribution < 1.29 is 5.11 Å². The molecule has 1 heterocycles. The number of pyridine rings is 1. The molecule has 2 nitrogen and oxygen atoms in total. The average Bonchev–Trinajstić information content (AvgIpc) is 2.35. The van der Waals surface area contributed by atoms with E-state index in [1.54, 1.807) is 12.4 Å². The van der Waals surface area contributed by atoms with Gasteiger partial charge in [0.1, 0.15) is 0 Å². The maximum atomic E-state index is 10.9. The molecular weight excluding hydrogens is 302 g/mol. The van der Waals surface area contributed by atoms with E-state index >= 15 is 0 Å². The molecule has 0 radical (unpaired) electrons. The Labute approximate surface area is 128 Å². The molecule has 0 atom stereocenters. The summed E-state index contributed by atoms with van der Waals surface area (Å²) >= 11 is 0. The fraction of sp³-hybridized carbons (Fsp3) is 0.688. The van der Waals surface area contributed by atoms with Crippen molar-refractivity contribution in [2.45, 2.75) is 59.0 Å². The van der Waals surface area contributed by atoms with E-state index in [-0.39, 0.29) is 17.0 Å². The molecular formula is C16H28BrNO. The number of hydrogen-bond acceptors (Lipinski definition) is 2. The maximum absolute atomic E-state index is 10.9. The van der Waals surface area contributed by atoms with Crippen LogP contribution in [0.2, 0.25) is 0 Å². The Morgan fingerprint density at radius 2 is 1.63 bits per heavy atom. The molecule has 0 aliphatic rings. The Morgan fingerprint density at radius 3 is 2.00 bits per heavy atom. The van der Waals surface area contributed by atoms with Gasteiger partial charge in [-0.1, -0.05) is 33.8 Å². The maximum Gasteiger partial charge on any atom is 0.0911 e. The van der Waals surface area contributed by atoms with E-state index < -0.39 is 5.60 Å². The lowest BCUT2D eigenvalue weighted by Gasteiger charge is -2.30. The summed E-state index contributed by atoms with van der Waals surface area (Å²) in [7, 11) is 0. The standard InChI is InChI=1S/C16H27NO.BrH/c1-13(2)7-9-16(18,10-8-14(3)4)15-6-5-11-17-12-15;/h5-6,11-14,18H,7-10H2,1-4H3;1H. The van der Waals surface area contributed by atoms with Crippen LogP contribution in [-0.2, 0) is 5.60 Å². The van der Waals surface area contributed by atoms with Crippen LogP contribution in [0.5, 0.6) is 0 Å². The molecule has 1 N–H and O–H groups in total. The number of nitrogens with zero attached hydrogens (tertiary/aromatic N) is 1. The van der Waals surface area contributed by atoms with Gasteiger partial charge >= 0.3 is 0 Å². The van der Waals surface area contributed by atoms with E-state index in [9.17, 15) is 5.11 Å². The van der Waals surface area contributed by atoms with Gasteiger partial charge in [0.2, 0.25) is 0 Å². The summed E-state index contributed by atoms with van der Waals surface area (Å²) < 4.78 is 0.